The number of hydrogen-bond donors (Lipinski definition) is 3. The van der Waals surface area contributed by atoms with Gasteiger partial charge in [0.25, 0.3) is 0 Å². The lowest BCUT2D eigenvalue weighted by Crippen LogP contribution is -2.56. The number of aliphatic hydroxyl groups is 2. The molecule has 0 radical (unpaired) electrons. The molecule has 0 aromatic carbocycles. The fourth-order valence-corrected chi connectivity index (χ4v) is 12.4. The van der Waals surface area contributed by atoms with Crippen LogP contribution in [-0.4, -0.2) is 78.3 Å². The van der Waals surface area contributed by atoms with Gasteiger partial charge < -0.3 is 34.5 Å². The smallest absolute Gasteiger partial charge is 0.303 e. The van der Waals surface area contributed by atoms with E-state index in [0.717, 1.165) is 38.8 Å². The number of carbonyl (C=O) groups excluding carboxylic acids is 1. The van der Waals surface area contributed by atoms with E-state index in [1.54, 1.807) is 13.8 Å². The molecule has 0 aromatic rings. The number of esters is 1. The summed E-state index contributed by atoms with van der Waals surface area (Å²) in [5, 5.41) is 26.4. The Morgan fingerprint density at radius 1 is 1.02 bits per heavy atom. The zero-order valence-corrected chi connectivity index (χ0v) is 26.7. The normalized spacial score (nSPS) is 51.7. The molecule has 2 saturated heterocycles. The van der Waals surface area contributed by atoms with Gasteiger partial charge in [-0.15, -0.1) is 0 Å². The Hall–Kier alpha value is -0.770. The van der Waals surface area contributed by atoms with E-state index in [1.165, 1.54) is 39.0 Å². The van der Waals surface area contributed by atoms with Crippen LogP contribution in [-0.2, 0) is 23.7 Å². The first-order chi connectivity index (χ1) is 19.7. The van der Waals surface area contributed by atoms with Crippen molar-refractivity contribution >= 4 is 5.97 Å². The van der Waals surface area contributed by atoms with Crippen molar-refractivity contribution in [1.82, 2.24) is 5.32 Å². The topological polar surface area (TPSA) is 106 Å². The van der Waals surface area contributed by atoms with Crippen LogP contribution in [0.2, 0.25) is 0 Å². The van der Waals surface area contributed by atoms with Gasteiger partial charge in [-0.05, 0) is 117 Å². The van der Waals surface area contributed by atoms with E-state index in [2.05, 4.69) is 26.1 Å². The second-order valence-corrected chi connectivity index (χ2v) is 16.7. The first-order valence-electron chi connectivity index (χ1n) is 17.0. The highest BCUT2D eigenvalue weighted by molar-refractivity contribution is 5.66. The summed E-state index contributed by atoms with van der Waals surface area (Å²) in [6.07, 6.45) is 8.18. The van der Waals surface area contributed by atoms with E-state index in [9.17, 15) is 15.0 Å². The van der Waals surface area contributed by atoms with Gasteiger partial charge in [0.2, 0.25) is 0 Å². The molecular weight excluding hydrogens is 534 g/mol. The molecule has 0 amide bonds. The maximum Gasteiger partial charge on any atom is 0.303 e. The van der Waals surface area contributed by atoms with E-state index in [1.807, 2.05) is 0 Å². The molecule has 42 heavy (non-hydrogen) atoms. The molecule has 8 heteroatoms. The third-order valence-corrected chi connectivity index (χ3v) is 14.1. The minimum atomic E-state index is -1.22. The van der Waals surface area contributed by atoms with E-state index in [4.69, 9.17) is 18.9 Å². The molecule has 7 rings (SSSR count). The van der Waals surface area contributed by atoms with E-state index >= 15 is 0 Å². The molecule has 9 unspecified atom stereocenters. The van der Waals surface area contributed by atoms with Crippen LogP contribution in [0.4, 0.5) is 0 Å². The van der Waals surface area contributed by atoms with Crippen LogP contribution in [0.5, 0.6) is 0 Å². The highest BCUT2D eigenvalue weighted by atomic mass is 16.7. The molecule has 3 N–H and O–H groups in total. The number of hydrogen-bond acceptors (Lipinski definition) is 8. The van der Waals surface area contributed by atoms with Crippen LogP contribution < -0.4 is 5.32 Å². The minimum absolute atomic E-state index is 0.0500. The lowest BCUT2D eigenvalue weighted by atomic mass is 9.46. The van der Waals surface area contributed by atoms with Crippen molar-refractivity contribution < 1.29 is 34.0 Å². The maximum absolute atomic E-state index is 12.1. The molecule has 5 saturated carbocycles. The average Bonchev–Trinajstić information content (AvgIpc) is 3.54. The number of nitrogens with one attached hydrogen (secondary N) is 1. The molecule has 7 aliphatic rings. The first kappa shape index (κ1) is 29.9. The summed E-state index contributed by atoms with van der Waals surface area (Å²) in [4.78, 5) is 11.9. The van der Waals surface area contributed by atoms with Gasteiger partial charge in [-0.25, -0.2) is 0 Å². The number of aliphatic hydroxyl groups excluding tert-OH is 1. The Labute approximate surface area is 251 Å². The van der Waals surface area contributed by atoms with Gasteiger partial charge in [0.05, 0.1) is 36.6 Å². The first-order valence-corrected chi connectivity index (χ1v) is 17.0. The number of fused-ring (bicyclic) bond motifs is 4. The van der Waals surface area contributed by atoms with Crippen molar-refractivity contribution in [3.8, 4) is 0 Å². The molecule has 8 nitrogen and oxygen atoms in total. The van der Waals surface area contributed by atoms with Crippen molar-refractivity contribution in [2.45, 2.75) is 142 Å². The van der Waals surface area contributed by atoms with Gasteiger partial charge in [-0.2, -0.15) is 0 Å². The zero-order chi connectivity index (χ0) is 29.9. The fourth-order valence-electron chi connectivity index (χ4n) is 12.4. The highest BCUT2D eigenvalue weighted by Gasteiger charge is 2.81. The van der Waals surface area contributed by atoms with Crippen molar-refractivity contribution in [2.75, 3.05) is 19.7 Å². The standard InChI is InChI=1S/C34H55NO7/c1-19(36)40-29(31(4,5)38)22-9-7-21-28(41-22)27(37)26-20-8-10-23-30(2,3)24(42-25-17-35-15-16-39-25)11-12-34(23)18-33(20,34)14-13-32(21,26)6/h20-29,35,37-38H,7-18H2,1-6H3/t20?,21?,22?,23?,24-,25?,26?,27?,28?,29-,32?,33-,34+/m0/s1. The monoisotopic (exact) mass is 589 g/mol. The molecular formula is C34H55NO7. The lowest BCUT2D eigenvalue weighted by Gasteiger charge is -2.60. The summed E-state index contributed by atoms with van der Waals surface area (Å²) in [6, 6.07) is 0. The van der Waals surface area contributed by atoms with Crippen molar-refractivity contribution in [3.05, 3.63) is 0 Å². The predicted octanol–water partition coefficient (Wildman–Crippen LogP) is 4.20. The van der Waals surface area contributed by atoms with Crippen molar-refractivity contribution in [2.24, 2.45) is 45.3 Å². The number of carbonyl (C=O) groups is 1. The Kier molecular flexibility index (Phi) is 7.02. The van der Waals surface area contributed by atoms with E-state index in [-0.39, 0.29) is 35.2 Å². The summed E-state index contributed by atoms with van der Waals surface area (Å²) in [7, 11) is 0. The van der Waals surface area contributed by atoms with Crippen molar-refractivity contribution in [1.29, 1.82) is 0 Å². The van der Waals surface area contributed by atoms with Gasteiger partial charge in [-0.3, -0.25) is 4.79 Å². The Bertz CT molecular complexity index is 1070. The van der Waals surface area contributed by atoms with Crippen molar-refractivity contribution in [3.63, 3.8) is 0 Å². The summed E-state index contributed by atoms with van der Waals surface area (Å²) in [5.41, 5.74) is -0.387. The second-order valence-electron chi connectivity index (χ2n) is 16.7. The molecule has 5 aliphatic carbocycles. The Morgan fingerprint density at radius 2 is 1.79 bits per heavy atom. The van der Waals surface area contributed by atoms with E-state index in [0.29, 0.717) is 35.2 Å². The third-order valence-electron chi connectivity index (χ3n) is 14.1. The number of ether oxygens (including phenoxy) is 4. The van der Waals surface area contributed by atoms with Gasteiger partial charge in [-0.1, -0.05) is 20.8 Å². The lowest BCUT2D eigenvalue weighted by molar-refractivity contribution is -0.232. The average molecular weight is 590 g/mol. The molecule has 13 atom stereocenters. The zero-order valence-electron chi connectivity index (χ0n) is 26.7. The molecule has 238 valence electrons. The molecule has 2 heterocycles. The predicted molar refractivity (Wildman–Crippen MR) is 156 cm³/mol. The van der Waals surface area contributed by atoms with Crippen LogP contribution in [0.25, 0.3) is 0 Å². The summed E-state index contributed by atoms with van der Waals surface area (Å²) in [5.74, 6) is 1.27. The van der Waals surface area contributed by atoms with Gasteiger partial charge >= 0.3 is 5.97 Å². The van der Waals surface area contributed by atoms with Crippen LogP contribution in [0.3, 0.4) is 0 Å². The molecule has 0 bridgehead atoms. The quantitative estimate of drug-likeness (QED) is 0.410. The van der Waals surface area contributed by atoms with Gasteiger partial charge in [0.1, 0.15) is 0 Å². The SMILES string of the molecule is CC(=O)O[C@@H](C1CCC2C(O1)C(O)C1C3CCC4C(C)(C)[C@@H](OC5CNCCO5)CC[C@@]45C[C@@]35CCC21C)C(C)(C)O. The fraction of sp³-hybridized carbons (Fsp3) is 0.971. The summed E-state index contributed by atoms with van der Waals surface area (Å²) in [6.45, 7) is 14.5. The highest BCUT2D eigenvalue weighted by Crippen LogP contribution is 2.87. The Balaban J connectivity index is 1.11. The third kappa shape index (κ3) is 4.17. The van der Waals surface area contributed by atoms with Gasteiger partial charge in [0.15, 0.2) is 12.4 Å². The van der Waals surface area contributed by atoms with Crippen LogP contribution >= 0.6 is 0 Å². The molecule has 7 fully saturated rings. The van der Waals surface area contributed by atoms with Crippen LogP contribution in [0, 0.1) is 45.3 Å². The Morgan fingerprint density at radius 3 is 2.48 bits per heavy atom. The van der Waals surface area contributed by atoms with E-state index < -0.39 is 29.9 Å². The summed E-state index contributed by atoms with van der Waals surface area (Å²) < 4.78 is 24.9. The number of morpholine rings is 1. The maximum atomic E-state index is 12.1. The van der Waals surface area contributed by atoms with Gasteiger partial charge in [0, 0.05) is 20.0 Å². The molecule has 2 aliphatic heterocycles. The number of rotatable bonds is 5. The van der Waals surface area contributed by atoms with Crippen LogP contribution in [0.1, 0.15) is 99.3 Å². The minimum Gasteiger partial charge on any atom is -0.457 e. The largest absolute Gasteiger partial charge is 0.457 e. The molecule has 2 spiro atoms. The molecule has 0 aromatic heterocycles. The van der Waals surface area contributed by atoms with Crippen LogP contribution in [0.15, 0.2) is 0 Å². The summed E-state index contributed by atoms with van der Waals surface area (Å²) >= 11 is 0. The second kappa shape index (κ2) is 9.86.